The standard InChI is InChI=1S/C10H14N2O3/c13-8-2-3-9(14)11-5-7-12-6-1-4-10(12)15/h2-3,8H,1,4-7H2,(H,11,14)/b3-2-. The Bertz CT molecular complexity index is 286. The van der Waals surface area contributed by atoms with Crippen LogP contribution in [0.1, 0.15) is 12.8 Å². The number of aldehydes is 1. The molecule has 2 amide bonds. The molecule has 0 aliphatic carbocycles. The predicted octanol–water partition coefficient (Wildman–Crippen LogP) is -0.520. The van der Waals surface area contributed by atoms with Crippen LogP contribution in [0.2, 0.25) is 0 Å². The summed E-state index contributed by atoms with van der Waals surface area (Å²) in [6.45, 7) is 1.74. The zero-order chi connectivity index (χ0) is 11.1. The molecule has 0 spiro atoms. The molecule has 1 heterocycles. The lowest BCUT2D eigenvalue weighted by Gasteiger charge is -2.14. The van der Waals surface area contributed by atoms with Crippen LogP contribution in [0, 0.1) is 0 Å². The van der Waals surface area contributed by atoms with Crippen LogP contribution >= 0.6 is 0 Å². The number of carbonyl (C=O) groups is 3. The van der Waals surface area contributed by atoms with Gasteiger partial charge in [0.1, 0.15) is 6.29 Å². The number of hydrogen-bond donors (Lipinski definition) is 1. The van der Waals surface area contributed by atoms with Gasteiger partial charge in [-0.3, -0.25) is 14.4 Å². The van der Waals surface area contributed by atoms with E-state index in [4.69, 9.17) is 0 Å². The third kappa shape index (κ3) is 3.93. The second-order valence-electron chi connectivity index (χ2n) is 3.27. The highest BCUT2D eigenvalue weighted by molar-refractivity contribution is 5.90. The summed E-state index contributed by atoms with van der Waals surface area (Å²) in [5.74, 6) is -0.165. The maximum atomic E-state index is 11.2. The van der Waals surface area contributed by atoms with E-state index in [1.165, 1.54) is 6.08 Å². The van der Waals surface area contributed by atoms with Crippen molar-refractivity contribution >= 4 is 18.1 Å². The molecule has 0 saturated carbocycles. The van der Waals surface area contributed by atoms with Gasteiger partial charge in [0.15, 0.2) is 0 Å². The second kappa shape index (κ2) is 5.95. The van der Waals surface area contributed by atoms with Crippen molar-refractivity contribution in [1.29, 1.82) is 0 Å². The molecule has 1 fully saturated rings. The molecule has 1 aliphatic rings. The molecule has 0 radical (unpaired) electrons. The van der Waals surface area contributed by atoms with Crippen molar-refractivity contribution in [3.05, 3.63) is 12.2 Å². The fourth-order valence-corrected chi connectivity index (χ4v) is 1.44. The molecule has 5 nitrogen and oxygen atoms in total. The molecule has 0 unspecified atom stereocenters. The van der Waals surface area contributed by atoms with Crippen molar-refractivity contribution in [3.63, 3.8) is 0 Å². The van der Waals surface area contributed by atoms with Gasteiger partial charge in [0.25, 0.3) is 0 Å². The minimum Gasteiger partial charge on any atom is -0.351 e. The van der Waals surface area contributed by atoms with Gasteiger partial charge in [0.05, 0.1) is 0 Å². The minimum atomic E-state index is -0.311. The van der Waals surface area contributed by atoms with Gasteiger partial charge in [-0.15, -0.1) is 0 Å². The number of hydrogen-bond acceptors (Lipinski definition) is 3. The van der Waals surface area contributed by atoms with Crippen molar-refractivity contribution in [2.75, 3.05) is 19.6 Å². The zero-order valence-corrected chi connectivity index (χ0v) is 8.44. The number of amides is 2. The lowest BCUT2D eigenvalue weighted by molar-refractivity contribution is -0.128. The van der Waals surface area contributed by atoms with E-state index in [1.54, 1.807) is 4.90 Å². The molecule has 1 rings (SSSR count). The number of carbonyl (C=O) groups excluding carboxylic acids is 3. The van der Waals surface area contributed by atoms with Crippen molar-refractivity contribution in [2.45, 2.75) is 12.8 Å². The maximum Gasteiger partial charge on any atom is 0.244 e. The van der Waals surface area contributed by atoms with Gasteiger partial charge in [0, 0.05) is 32.1 Å². The summed E-state index contributed by atoms with van der Waals surface area (Å²) in [4.78, 5) is 33.8. The Balaban J connectivity index is 2.15. The Morgan fingerprint density at radius 3 is 2.93 bits per heavy atom. The lowest BCUT2D eigenvalue weighted by atomic mass is 10.4. The van der Waals surface area contributed by atoms with Gasteiger partial charge in [-0.1, -0.05) is 0 Å². The van der Waals surface area contributed by atoms with Gasteiger partial charge >= 0.3 is 0 Å². The molecule has 1 N–H and O–H groups in total. The van der Waals surface area contributed by atoms with Crippen LogP contribution in [-0.2, 0) is 14.4 Å². The van der Waals surface area contributed by atoms with E-state index in [0.29, 0.717) is 25.8 Å². The quantitative estimate of drug-likeness (QED) is 0.490. The molecule has 0 bridgehead atoms. The van der Waals surface area contributed by atoms with Crippen molar-refractivity contribution in [2.24, 2.45) is 0 Å². The number of rotatable bonds is 5. The van der Waals surface area contributed by atoms with Crippen LogP contribution in [0.5, 0.6) is 0 Å². The first kappa shape index (κ1) is 11.4. The largest absolute Gasteiger partial charge is 0.351 e. The Morgan fingerprint density at radius 1 is 1.53 bits per heavy atom. The second-order valence-corrected chi connectivity index (χ2v) is 3.27. The summed E-state index contributed by atoms with van der Waals surface area (Å²) in [6.07, 6.45) is 4.36. The Hall–Kier alpha value is -1.65. The van der Waals surface area contributed by atoms with E-state index >= 15 is 0 Å². The summed E-state index contributed by atoms with van der Waals surface area (Å²) in [5.41, 5.74) is 0. The highest BCUT2D eigenvalue weighted by Crippen LogP contribution is 2.07. The van der Waals surface area contributed by atoms with Gasteiger partial charge in [-0.05, 0) is 12.5 Å². The van der Waals surface area contributed by atoms with E-state index in [0.717, 1.165) is 19.0 Å². The van der Waals surface area contributed by atoms with Gasteiger partial charge in [-0.2, -0.15) is 0 Å². The van der Waals surface area contributed by atoms with E-state index < -0.39 is 0 Å². The molecule has 1 aliphatic heterocycles. The smallest absolute Gasteiger partial charge is 0.244 e. The van der Waals surface area contributed by atoms with Gasteiger partial charge in [0.2, 0.25) is 11.8 Å². The molecule has 0 aromatic carbocycles. The Kier molecular flexibility index (Phi) is 4.53. The molecule has 15 heavy (non-hydrogen) atoms. The van der Waals surface area contributed by atoms with Crippen LogP contribution in [0.15, 0.2) is 12.2 Å². The predicted molar refractivity (Wildman–Crippen MR) is 54.0 cm³/mol. The average Bonchev–Trinajstić information content (AvgIpc) is 2.61. The van der Waals surface area contributed by atoms with Crippen LogP contribution in [-0.4, -0.2) is 42.6 Å². The summed E-state index contributed by atoms with van der Waals surface area (Å²) in [7, 11) is 0. The molecule has 82 valence electrons. The number of likely N-dealkylation sites (tertiary alicyclic amines) is 1. The fraction of sp³-hybridized carbons (Fsp3) is 0.500. The minimum absolute atomic E-state index is 0.146. The summed E-state index contributed by atoms with van der Waals surface area (Å²) in [6, 6.07) is 0. The molecule has 5 heteroatoms. The highest BCUT2D eigenvalue weighted by atomic mass is 16.2. The molecular formula is C10H14N2O3. The monoisotopic (exact) mass is 210 g/mol. The van der Waals surface area contributed by atoms with Crippen LogP contribution in [0.3, 0.4) is 0 Å². The molecule has 0 atom stereocenters. The van der Waals surface area contributed by atoms with Crippen LogP contribution < -0.4 is 5.32 Å². The lowest BCUT2D eigenvalue weighted by Crippen LogP contribution is -2.34. The van der Waals surface area contributed by atoms with Crippen LogP contribution in [0.25, 0.3) is 0 Å². The summed E-state index contributed by atoms with van der Waals surface area (Å²) in [5, 5.41) is 2.59. The zero-order valence-electron chi connectivity index (χ0n) is 8.44. The maximum absolute atomic E-state index is 11.2. The third-order valence-electron chi connectivity index (χ3n) is 2.18. The third-order valence-corrected chi connectivity index (χ3v) is 2.18. The first-order valence-electron chi connectivity index (χ1n) is 4.91. The summed E-state index contributed by atoms with van der Waals surface area (Å²) < 4.78 is 0. The molecule has 0 aromatic rings. The van der Waals surface area contributed by atoms with Crippen molar-refractivity contribution < 1.29 is 14.4 Å². The Morgan fingerprint density at radius 2 is 2.33 bits per heavy atom. The van der Waals surface area contributed by atoms with Crippen molar-refractivity contribution in [3.8, 4) is 0 Å². The highest BCUT2D eigenvalue weighted by Gasteiger charge is 2.18. The first-order valence-corrected chi connectivity index (χ1v) is 4.91. The normalized spacial score (nSPS) is 16.0. The van der Waals surface area contributed by atoms with Gasteiger partial charge < -0.3 is 10.2 Å². The fourth-order valence-electron chi connectivity index (χ4n) is 1.44. The number of nitrogens with zero attached hydrogens (tertiary/aromatic N) is 1. The Labute approximate surface area is 88.1 Å². The van der Waals surface area contributed by atoms with Gasteiger partial charge in [-0.25, -0.2) is 0 Å². The van der Waals surface area contributed by atoms with E-state index in [9.17, 15) is 14.4 Å². The number of nitrogens with one attached hydrogen (secondary N) is 1. The SMILES string of the molecule is O=C/C=C\C(=O)NCCN1CCCC1=O. The van der Waals surface area contributed by atoms with Crippen LogP contribution in [0.4, 0.5) is 0 Å². The molecular weight excluding hydrogens is 196 g/mol. The topological polar surface area (TPSA) is 66.5 Å². The first-order chi connectivity index (χ1) is 7.24. The van der Waals surface area contributed by atoms with E-state index in [-0.39, 0.29) is 11.8 Å². The van der Waals surface area contributed by atoms with E-state index in [2.05, 4.69) is 5.32 Å². The average molecular weight is 210 g/mol. The molecule has 1 saturated heterocycles. The van der Waals surface area contributed by atoms with E-state index in [1.807, 2.05) is 0 Å². The summed E-state index contributed by atoms with van der Waals surface area (Å²) >= 11 is 0. The van der Waals surface area contributed by atoms with Crippen molar-refractivity contribution in [1.82, 2.24) is 10.2 Å². The molecule has 0 aromatic heterocycles. The number of allylic oxidation sites excluding steroid dienone is 1.